The number of nitrogens with one attached hydrogen (secondary N) is 2. The fourth-order valence-electron chi connectivity index (χ4n) is 2.77. The van der Waals surface area contributed by atoms with Gasteiger partial charge in [0.25, 0.3) is 11.8 Å². The number of amides is 3. The fourth-order valence-corrected chi connectivity index (χ4v) is 2.77. The van der Waals surface area contributed by atoms with Gasteiger partial charge < -0.3 is 15.5 Å². The maximum Gasteiger partial charge on any atom is 0.274 e. The van der Waals surface area contributed by atoms with Crippen LogP contribution in [0.5, 0.6) is 0 Å². The summed E-state index contributed by atoms with van der Waals surface area (Å²) in [5.41, 5.74) is 1.51. The van der Waals surface area contributed by atoms with Crippen molar-refractivity contribution in [3.05, 3.63) is 53.9 Å². The van der Waals surface area contributed by atoms with Gasteiger partial charge in [0.1, 0.15) is 11.4 Å². The largest absolute Gasteiger partial charge is 0.337 e. The van der Waals surface area contributed by atoms with Gasteiger partial charge in [0.2, 0.25) is 5.91 Å². The molecule has 28 heavy (non-hydrogen) atoms. The molecule has 1 aromatic carbocycles. The Balaban J connectivity index is 2.15. The molecule has 3 amide bonds. The molecule has 0 fully saturated rings. The molecule has 0 bridgehead atoms. The number of pyridine rings is 1. The lowest BCUT2D eigenvalue weighted by molar-refractivity contribution is -0.114. The van der Waals surface area contributed by atoms with Gasteiger partial charge in [-0.3, -0.25) is 14.4 Å². The monoisotopic (exact) mass is 382 g/mol. The van der Waals surface area contributed by atoms with E-state index in [-0.39, 0.29) is 23.2 Å². The van der Waals surface area contributed by atoms with Crippen molar-refractivity contribution in [2.45, 2.75) is 33.6 Å². The molecule has 0 spiro atoms. The van der Waals surface area contributed by atoms with Crippen molar-refractivity contribution < 1.29 is 14.4 Å². The van der Waals surface area contributed by atoms with Gasteiger partial charge in [0.05, 0.1) is 0 Å². The average molecular weight is 382 g/mol. The molecule has 148 valence electrons. The van der Waals surface area contributed by atoms with Crippen LogP contribution in [0.1, 0.15) is 54.6 Å². The van der Waals surface area contributed by atoms with E-state index < -0.39 is 5.91 Å². The molecule has 0 radical (unpaired) electrons. The first-order chi connectivity index (χ1) is 13.4. The van der Waals surface area contributed by atoms with Gasteiger partial charge in [-0.05, 0) is 43.2 Å². The topological polar surface area (TPSA) is 91.4 Å². The quantitative estimate of drug-likeness (QED) is 0.730. The van der Waals surface area contributed by atoms with Gasteiger partial charge >= 0.3 is 0 Å². The summed E-state index contributed by atoms with van der Waals surface area (Å²) < 4.78 is 0. The molecule has 7 nitrogen and oxygen atoms in total. The summed E-state index contributed by atoms with van der Waals surface area (Å²) in [4.78, 5) is 42.4. The van der Waals surface area contributed by atoms with Crippen LogP contribution >= 0.6 is 0 Å². The fraction of sp³-hybridized carbons (Fsp3) is 0.333. The SMILES string of the molecule is CCCN(CCC)C(=O)c1cccc(C(=O)Nc2cccc(NC(C)=O)c2)n1. The van der Waals surface area contributed by atoms with E-state index >= 15 is 0 Å². The summed E-state index contributed by atoms with van der Waals surface area (Å²) in [6, 6.07) is 11.6. The van der Waals surface area contributed by atoms with Gasteiger partial charge in [0.15, 0.2) is 0 Å². The smallest absolute Gasteiger partial charge is 0.274 e. The van der Waals surface area contributed by atoms with Crippen molar-refractivity contribution in [1.29, 1.82) is 0 Å². The molecule has 1 heterocycles. The number of nitrogens with zero attached hydrogens (tertiary/aromatic N) is 2. The third kappa shape index (κ3) is 5.90. The van der Waals surface area contributed by atoms with E-state index in [1.165, 1.54) is 6.92 Å². The second kappa shape index (κ2) is 10.2. The highest BCUT2D eigenvalue weighted by Crippen LogP contribution is 2.16. The second-order valence-electron chi connectivity index (χ2n) is 6.42. The minimum Gasteiger partial charge on any atom is -0.337 e. The van der Waals surface area contributed by atoms with Crippen LogP contribution in [-0.4, -0.2) is 40.7 Å². The van der Waals surface area contributed by atoms with Gasteiger partial charge in [-0.15, -0.1) is 0 Å². The van der Waals surface area contributed by atoms with Gasteiger partial charge in [0, 0.05) is 31.4 Å². The van der Waals surface area contributed by atoms with Crippen molar-refractivity contribution in [2.24, 2.45) is 0 Å². The first kappa shape index (κ1) is 21.1. The molecule has 2 rings (SSSR count). The molecule has 2 N–H and O–H groups in total. The summed E-state index contributed by atoms with van der Waals surface area (Å²) in [5.74, 6) is -0.793. The molecular weight excluding hydrogens is 356 g/mol. The second-order valence-corrected chi connectivity index (χ2v) is 6.42. The summed E-state index contributed by atoms with van der Waals surface area (Å²) in [6.45, 7) is 6.75. The molecule has 0 unspecified atom stereocenters. The van der Waals surface area contributed by atoms with E-state index in [9.17, 15) is 14.4 Å². The predicted molar refractivity (Wildman–Crippen MR) is 109 cm³/mol. The zero-order valence-electron chi connectivity index (χ0n) is 16.5. The summed E-state index contributed by atoms with van der Waals surface area (Å²) in [7, 11) is 0. The highest BCUT2D eigenvalue weighted by molar-refractivity contribution is 6.04. The number of hydrogen-bond donors (Lipinski definition) is 2. The number of carbonyl (C=O) groups excluding carboxylic acids is 3. The highest BCUT2D eigenvalue weighted by Gasteiger charge is 2.17. The van der Waals surface area contributed by atoms with Crippen LogP contribution in [0.4, 0.5) is 11.4 Å². The highest BCUT2D eigenvalue weighted by atomic mass is 16.2. The Kier molecular flexibility index (Phi) is 7.68. The van der Waals surface area contributed by atoms with Crippen molar-refractivity contribution >= 4 is 29.1 Å². The zero-order valence-corrected chi connectivity index (χ0v) is 16.5. The maximum atomic E-state index is 12.7. The number of benzene rings is 1. The van der Waals surface area contributed by atoms with E-state index in [0.29, 0.717) is 24.5 Å². The molecule has 0 aliphatic rings. The van der Waals surface area contributed by atoms with E-state index in [1.807, 2.05) is 13.8 Å². The molecule has 2 aromatic rings. The number of rotatable bonds is 8. The number of aromatic nitrogens is 1. The van der Waals surface area contributed by atoms with Gasteiger partial charge in [-0.25, -0.2) is 4.98 Å². The lowest BCUT2D eigenvalue weighted by atomic mass is 10.2. The average Bonchev–Trinajstić information content (AvgIpc) is 2.67. The van der Waals surface area contributed by atoms with Crippen LogP contribution in [0.25, 0.3) is 0 Å². The molecule has 0 aliphatic carbocycles. The normalized spacial score (nSPS) is 10.2. The molecular formula is C21H26N4O3. The van der Waals surface area contributed by atoms with Crippen LogP contribution in [-0.2, 0) is 4.79 Å². The number of carbonyl (C=O) groups is 3. The van der Waals surface area contributed by atoms with Crippen molar-refractivity contribution in [3.63, 3.8) is 0 Å². The van der Waals surface area contributed by atoms with Crippen LogP contribution in [0.15, 0.2) is 42.5 Å². The third-order valence-corrected chi connectivity index (χ3v) is 3.92. The van der Waals surface area contributed by atoms with Crippen LogP contribution in [0, 0.1) is 0 Å². The molecule has 0 aliphatic heterocycles. The Morgan fingerprint density at radius 3 is 2.07 bits per heavy atom. The molecule has 0 atom stereocenters. The summed E-state index contributed by atoms with van der Waals surface area (Å²) in [6.07, 6.45) is 1.72. The van der Waals surface area contributed by atoms with Crippen LogP contribution < -0.4 is 10.6 Å². The predicted octanol–water partition coefficient (Wildman–Crippen LogP) is 3.55. The number of hydrogen-bond acceptors (Lipinski definition) is 4. The Bertz CT molecular complexity index is 845. The Hall–Kier alpha value is -3.22. The Labute approximate surface area is 165 Å². The van der Waals surface area contributed by atoms with Gasteiger partial charge in [-0.2, -0.15) is 0 Å². The van der Waals surface area contributed by atoms with E-state index in [2.05, 4.69) is 15.6 Å². The number of anilines is 2. The minimum atomic E-state index is -0.424. The Morgan fingerprint density at radius 1 is 0.893 bits per heavy atom. The van der Waals surface area contributed by atoms with E-state index in [4.69, 9.17) is 0 Å². The van der Waals surface area contributed by atoms with Crippen molar-refractivity contribution in [2.75, 3.05) is 23.7 Å². The lowest BCUT2D eigenvalue weighted by Gasteiger charge is -2.21. The lowest BCUT2D eigenvalue weighted by Crippen LogP contribution is -2.33. The van der Waals surface area contributed by atoms with Crippen LogP contribution in [0.3, 0.4) is 0 Å². The minimum absolute atomic E-state index is 0.156. The molecule has 0 saturated carbocycles. The zero-order chi connectivity index (χ0) is 20.5. The summed E-state index contributed by atoms with van der Waals surface area (Å²) >= 11 is 0. The van der Waals surface area contributed by atoms with Crippen LogP contribution in [0.2, 0.25) is 0 Å². The third-order valence-electron chi connectivity index (χ3n) is 3.92. The first-order valence-corrected chi connectivity index (χ1v) is 9.40. The molecule has 7 heteroatoms. The van der Waals surface area contributed by atoms with E-state index in [1.54, 1.807) is 47.4 Å². The molecule has 1 aromatic heterocycles. The Morgan fingerprint density at radius 2 is 1.46 bits per heavy atom. The summed E-state index contributed by atoms with van der Waals surface area (Å²) in [5, 5.41) is 5.40. The first-order valence-electron chi connectivity index (χ1n) is 9.40. The van der Waals surface area contributed by atoms with Crippen molar-refractivity contribution in [1.82, 2.24) is 9.88 Å². The standard InChI is InChI=1S/C21H26N4O3/c1-4-12-25(13-5-2)21(28)19-11-7-10-18(24-19)20(27)23-17-9-6-8-16(14-17)22-15(3)26/h6-11,14H,4-5,12-13H2,1-3H3,(H,22,26)(H,23,27). The van der Waals surface area contributed by atoms with Gasteiger partial charge in [-0.1, -0.05) is 26.0 Å². The molecule has 0 saturated heterocycles. The van der Waals surface area contributed by atoms with E-state index in [0.717, 1.165) is 12.8 Å². The maximum absolute atomic E-state index is 12.7. The van der Waals surface area contributed by atoms with Crippen molar-refractivity contribution in [3.8, 4) is 0 Å².